The molecular weight excluding hydrogens is 244 g/mol. The summed E-state index contributed by atoms with van der Waals surface area (Å²) in [6.45, 7) is 9.21. The number of likely N-dealkylation sites (tertiary alicyclic amines) is 1. The molecule has 2 rings (SSSR count). The SMILES string of the molecule is CC(=O)c1sc(C(C)N2CCCCC2C)nc1C. The number of Topliss-reactive ketones (excluding diaryl/α,β-unsaturated/α-hetero) is 1. The molecule has 0 N–H and O–H groups in total. The van der Waals surface area contributed by atoms with Crippen molar-refractivity contribution in [2.24, 2.45) is 0 Å². The molecule has 2 heterocycles. The number of thiazole rings is 1. The van der Waals surface area contributed by atoms with Gasteiger partial charge in [-0.25, -0.2) is 4.98 Å². The third-order valence-electron chi connectivity index (χ3n) is 3.84. The molecular formula is C14H22N2OS. The molecule has 1 aromatic rings. The zero-order chi connectivity index (χ0) is 13.3. The average molecular weight is 266 g/mol. The Morgan fingerprint density at radius 1 is 1.50 bits per heavy atom. The Balaban J connectivity index is 2.20. The number of rotatable bonds is 3. The monoisotopic (exact) mass is 266 g/mol. The first-order chi connectivity index (χ1) is 8.50. The van der Waals surface area contributed by atoms with E-state index in [0.717, 1.165) is 22.1 Å². The molecule has 4 heteroatoms. The lowest BCUT2D eigenvalue weighted by atomic mass is 10.0. The summed E-state index contributed by atoms with van der Waals surface area (Å²) in [4.78, 5) is 19.4. The van der Waals surface area contributed by atoms with Crippen molar-refractivity contribution in [3.63, 3.8) is 0 Å². The molecule has 2 atom stereocenters. The Kier molecular flexibility index (Phi) is 4.17. The average Bonchev–Trinajstić information content (AvgIpc) is 2.71. The molecule has 1 aliphatic heterocycles. The number of ketones is 1. The van der Waals surface area contributed by atoms with Gasteiger partial charge in [0, 0.05) is 13.0 Å². The molecule has 0 saturated carbocycles. The van der Waals surface area contributed by atoms with E-state index in [1.165, 1.54) is 19.3 Å². The summed E-state index contributed by atoms with van der Waals surface area (Å²) in [6, 6.07) is 0.954. The quantitative estimate of drug-likeness (QED) is 0.784. The number of piperidine rings is 1. The fraction of sp³-hybridized carbons (Fsp3) is 0.714. The summed E-state index contributed by atoms with van der Waals surface area (Å²) < 4.78 is 0. The number of carbonyl (C=O) groups is 1. The van der Waals surface area contributed by atoms with E-state index in [-0.39, 0.29) is 5.78 Å². The van der Waals surface area contributed by atoms with Crippen molar-refractivity contribution in [2.75, 3.05) is 6.54 Å². The van der Waals surface area contributed by atoms with Crippen LogP contribution >= 0.6 is 11.3 Å². The highest BCUT2D eigenvalue weighted by Gasteiger charge is 2.27. The largest absolute Gasteiger partial charge is 0.294 e. The van der Waals surface area contributed by atoms with Crippen molar-refractivity contribution in [1.29, 1.82) is 0 Å². The molecule has 2 unspecified atom stereocenters. The van der Waals surface area contributed by atoms with Gasteiger partial charge in [0.25, 0.3) is 0 Å². The molecule has 1 saturated heterocycles. The molecule has 0 aromatic carbocycles. The van der Waals surface area contributed by atoms with Crippen molar-refractivity contribution in [3.8, 4) is 0 Å². The van der Waals surface area contributed by atoms with Crippen LogP contribution in [0, 0.1) is 6.92 Å². The number of hydrogen-bond donors (Lipinski definition) is 0. The van der Waals surface area contributed by atoms with Gasteiger partial charge in [-0.3, -0.25) is 9.69 Å². The van der Waals surface area contributed by atoms with Crippen LogP contribution in [-0.2, 0) is 0 Å². The number of aryl methyl sites for hydroxylation is 1. The Morgan fingerprint density at radius 2 is 2.22 bits per heavy atom. The number of aromatic nitrogens is 1. The van der Waals surface area contributed by atoms with E-state index in [4.69, 9.17) is 0 Å². The molecule has 0 aliphatic carbocycles. The normalized spacial score (nSPS) is 23.0. The van der Waals surface area contributed by atoms with Crippen molar-refractivity contribution in [2.45, 2.75) is 59.0 Å². The van der Waals surface area contributed by atoms with Crippen molar-refractivity contribution >= 4 is 17.1 Å². The minimum Gasteiger partial charge on any atom is -0.294 e. The molecule has 3 nitrogen and oxygen atoms in total. The summed E-state index contributed by atoms with van der Waals surface area (Å²) >= 11 is 1.57. The molecule has 1 aliphatic rings. The highest BCUT2D eigenvalue weighted by molar-refractivity contribution is 7.13. The minimum atomic E-state index is 0.134. The van der Waals surface area contributed by atoms with Crippen LogP contribution < -0.4 is 0 Å². The van der Waals surface area contributed by atoms with Gasteiger partial charge in [-0.1, -0.05) is 6.42 Å². The lowest BCUT2D eigenvalue weighted by Crippen LogP contribution is -2.39. The van der Waals surface area contributed by atoms with Gasteiger partial charge < -0.3 is 0 Å². The first kappa shape index (κ1) is 13.7. The highest BCUT2D eigenvalue weighted by atomic mass is 32.1. The van der Waals surface area contributed by atoms with Crippen molar-refractivity contribution < 1.29 is 4.79 Å². The molecule has 0 spiro atoms. The smallest absolute Gasteiger partial charge is 0.171 e. The fourth-order valence-corrected chi connectivity index (χ4v) is 3.79. The second kappa shape index (κ2) is 5.49. The van der Waals surface area contributed by atoms with Crippen LogP contribution in [0.25, 0.3) is 0 Å². The van der Waals surface area contributed by atoms with Crippen LogP contribution in [0.15, 0.2) is 0 Å². The van der Waals surface area contributed by atoms with Crippen LogP contribution in [0.2, 0.25) is 0 Å². The second-order valence-electron chi connectivity index (χ2n) is 5.28. The van der Waals surface area contributed by atoms with E-state index in [1.807, 2.05) is 6.92 Å². The summed E-state index contributed by atoms with van der Waals surface area (Å²) in [6.07, 6.45) is 3.88. The maximum absolute atomic E-state index is 11.5. The van der Waals surface area contributed by atoms with E-state index >= 15 is 0 Å². The second-order valence-corrected chi connectivity index (χ2v) is 6.31. The molecule has 0 radical (unpaired) electrons. The van der Waals surface area contributed by atoms with Gasteiger partial charge in [-0.05, 0) is 40.2 Å². The maximum Gasteiger partial charge on any atom is 0.171 e. The molecule has 0 bridgehead atoms. The zero-order valence-corrected chi connectivity index (χ0v) is 12.5. The predicted octanol–water partition coefficient (Wildman–Crippen LogP) is 3.59. The van der Waals surface area contributed by atoms with E-state index < -0.39 is 0 Å². The first-order valence-electron chi connectivity index (χ1n) is 6.74. The van der Waals surface area contributed by atoms with Crippen LogP contribution in [0.5, 0.6) is 0 Å². The van der Waals surface area contributed by atoms with Gasteiger partial charge in [-0.15, -0.1) is 11.3 Å². The Bertz CT molecular complexity index is 441. The third-order valence-corrected chi connectivity index (χ3v) is 5.27. The van der Waals surface area contributed by atoms with Gasteiger partial charge >= 0.3 is 0 Å². The van der Waals surface area contributed by atoms with Crippen LogP contribution in [-0.4, -0.2) is 28.3 Å². The summed E-state index contributed by atoms with van der Waals surface area (Å²) in [7, 11) is 0. The highest BCUT2D eigenvalue weighted by Crippen LogP contribution is 2.31. The maximum atomic E-state index is 11.5. The van der Waals surface area contributed by atoms with Crippen LogP contribution in [0.3, 0.4) is 0 Å². The fourth-order valence-electron chi connectivity index (χ4n) is 2.76. The summed E-state index contributed by atoms with van der Waals surface area (Å²) in [5.74, 6) is 0.134. The Labute approximate surface area is 113 Å². The van der Waals surface area contributed by atoms with Gasteiger partial charge in [-0.2, -0.15) is 0 Å². The van der Waals surface area contributed by atoms with Crippen LogP contribution in [0.4, 0.5) is 0 Å². The lowest BCUT2D eigenvalue weighted by Gasteiger charge is -2.37. The molecule has 100 valence electrons. The van der Waals surface area contributed by atoms with Crippen LogP contribution in [0.1, 0.15) is 66.4 Å². The van der Waals surface area contributed by atoms with E-state index in [0.29, 0.717) is 12.1 Å². The summed E-state index contributed by atoms with van der Waals surface area (Å²) in [5.41, 5.74) is 0.888. The Hall–Kier alpha value is -0.740. The standard InChI is InChI=1S/C14H22N2OS/c1-9-7-5-6-8-16(9)11(3)14-15-10(2)13(18-14)12(4)17/h9,11H,5-8H2,1-4H3. The molecule has 18 heavy (non-hydrogen) atoms. The van der Waals surface area contributed by atoms with E-state index in [1.54, 1.807) is 18.3 Å². The topological polar surface area (TPSA) is 33.2 Å². The Morgan fingerprint density at radius 3 is 2.78 bits per heavy atom. The molecule has 1 fully saturated rings. The van der Waals surface area contributed by atoms with E-state index in [2.05, 4.69) is 23.7 Å². The number of hydrogen-bond acceptors (Lipinski definition) is 4. The van der Waals surface area contributed by atoms with E-state index in [9.17, 15) is 4.79 Å². The van der Waals surface area contributed by atoms with Gasteiger partial charge in [0.2, 0.25) is 0 Å². The summed E-state index contributed by atoms with van der Waals surface area (Å²) in [5, 5.41) is 1.09. The zero-order valence-electron chi connectivity index (χ0n) is 11.7. The van der Waals surface area contributed by atoms with Crippen molar-refractivity contribution in [1.82, 2.24) is 9.88 Å². The lowest BCUT2D eigenvalue weighted by molar-refractivity contribution is 0.102. The predicted molar refractivity (Wildman–Crippen MR) is 75.3 cm³/mol. The number of carbonyl (C=O) groups excluding carboxylic acids is 1. The molecule has 1 aromatic heterocycles. The van der Waals surface area contributed by atoms with Gasteiger partial charge in [0.05, 0.1) is 16.6 Å². The van der Waals surface area contributed by atoms with Crippen molar-refractivity contribution in [3.05, 3.63) is 15.6 Å². The number of nitrogens with zero attached hydrogens (tertiary/aromatic N) is 2. The first-order valence-corrected chi connectivity index (χ1v) is 7.56. The molecule has 0 amide bonds. The minimum absolute atomic E-state index is 0.134. The van der Waals surface area contributed by atoms with Gasteiger partial charge in [0.1, 0.15) is 5.01 Å². The third kappa shape index (κ3) is 2.64. The van der Waals surface area contributed by atoms with Gasteiger partial charge in [0.15, 0.2) is 5.78 Å².